The van der Waals surface area contributed by atoms with Crippen LogP contribution in [0.25, 0.3) is 0 Å². The average Bonchev–Trinajstić information content (AvgIpc) is 2.30. The zero-order chi connectivity index (χ0) is 12.1. The lowest BCUT2D eigenvalue weighted by molar-refractivity contribution is -0.137. The van der Waals surface area contributed by atoms with Crippen molar-refractivity contribution >= 4 is 24.0 Å². The van der Waals surface area contributed by atoms with Gasteiger partial charge in [-0.25, -0.2) is 8.78 Å². The molecule has 0 aliphatic rings. The van der Waals surface area contributed by atoms with Crippen LogP contribution in [0.5, 0.6) is 0 Å². The van der Waals surface area contributed by atoms with Crippen molar-refractivity contribution in [2.24, 2.45) is 0 Å². The van der Waals surface area contributed by atoms with E-state index in [9.17, 15) is 18.4 Å². The third-order valence-corrected chi connectivity index (χ3v) is 2.85. The predicted octanol–water partition coefficient (Wildman–Crippen LogP) is 2.04. The zero-order valence-electron chi connectivity index (χ0n) is 8.33. The fraction of sp³-hybridized carbons (Fsp3) is 0.200. The molecule has 0 aliphatic heterocycles. The molecule has 6 heteroatoms. The summed E-state index contributed by atoms with van der Waals surface area (Å²) in [5.74, 6) is -2.94. The molecule has 0 N–H and O–H groups in total. The van der Waals surface area contributed by atoms with Crippen molar-refractivity contribution in [3.8, 4) is 0 Å². The van der Waals surface area contributed by atoms with Crippen molar-refractivity contribution in [2.75, 3.05) is 12.9 Å². The maximum absolute atomic E-state index is 13.3. The van der Waals surface area contributed by atoms with Crippen molar-refractivity contribution in [2.45, 2.75) is 4.90 Å². The second-order valence-electron chi connectivity index (χ2n) is 2.76. The second-order valence-corrected chi connectivity index (χ2v) is 3.75. The van der Waals surface area contributed by atoms with E-state index in [0.717, 1.165) is 23.9 Å². The van der Waals surface area contributed by atoms with Gasteiger partial charge in [0.2, 0.25) is 0 Å². The van der Waals surface area contributed by atoms with Crippen molar-refractivity contribution < 1.29 is 23.1 Å². The van der Waals surface area contributed by atoms with Crippen LogP contribution in [-0.2, 0) is 9.53 Å². The molecule has 1 rings (SSSR count). The number of hydrogen-bond donors (Lipinski definition) is 0. The first-order valence-corrected chi connectivity index (χ1v) is 5.21. The molecule has 0 aliphatic carbocycles. The summed E-state index contributed by atoms with van der Waals surface area (Å²) < 4.78 is 30.5. The van der Waals surface area contributed by atoms with E-state index in [1.807, 2.05) is 0 Å². The fourth-order valence-electron chi connectivity index (χ4n) is 0.976. The van der Waals surface area contributed by atoms with Gasteiger partial charge in [-0.3, -0.25) is 9.59 Å². The number of ether oxygens (including phenoxy) is 1. The second kappa shape index (κ2) is 5.60. The third-order valence-electron chi connectivity index (χ3n) is 1.77. The molecule has 86 valence electrons. The standard InChI is InChI=1S/C10H8F2O3S/c1-15-8(14)5-16-10-6(4-13)2-3-7(11)9(10)12/h2-4H,5H2,1H3. The Kier molecular flexibility index (Phi) is 4.42. The summed E-state index contributed by atoms with van der Waals surface area (Å²) in [5.41, 5.74) is 0.00723. The van der Waals surface area contributed by atoms with Gasteiger partial charge in [0, 0.05) is 5.56 Å². The number of methoxy groups -OCH3 is 1. The molecule has 1 aromatic carbocycles. The van der Waals surface area contributed by atoms with E-state index < -0.39 is 17.6 Å². The first-order chi connectivity index (χ1) is 7.60. The Balaban J connectivity index is 2.96. The molecule has 0 bridgehead atoms. The Hall–Kier alpha value is -1.43. The van der Waals surface area contributed by atoms with Crippen LogP contribution in [0.3, 0.4) is 0 Å². The normalized spacial score (nSPS) is 9.94. The Bertz CT molecular complexity index is 421. The number of carbonyl (C=O) groups excluding carboxylic acids is 2. The minimum absolute atomic E-state index is 0.00723. The smallest absolute Gasteiger partial charge is 0.315 e. The van der Waals surface area contributed by atoms with Gasteiger partial charge in [-0.05, 0) is 12.1 Å². The van der Waals surface area contributed by atoms with E-state index in [1.54, 1.807) is 0 Å². The summed E-state index contributed by atoms with van der Waals surface area (Å²) in [5, 5.41) is 0. The molecule has 0 spiro atoms. The highest BCUT2D eigenvalue weighted by Crippen LogP contribution is 2.26. The highest BCUT2D eigenvalue weighted by atomic mass is 32.2. The van der Waals surface area contributed by atoms with Gasteiger partial charge < -0.3 is 4.74 Å². The number of aldehydes is 1. The molecule has 0 unspecified atom stereocenters. The van der Waals surface area contributed by atoms with E-state index >= 15 is 0 Å². The van der Waals surface area contributed by atoms with Crippen molar-refractivity contribution in [1.82, 2.24) is 0 Å². The zero-order valence-corrected chi connectivity index (χ0v) is 9.14. The minimum atomic E-state index is -1.13. The Morgan fingerprint density at radius 3 is 2.75 bits per heavy atom. The summed E-state index contributed by atoms with van der Waals surface area (Å²) in [6.07, 6.45) is 0.405. The van der Waals surface area contributed by atoms with Crippen molar-refractivity contribution in [3.63, 3.8) is 0 Å². The molecule has 0 atom stereocenters. The van der Waals surface area contributed by atoms with Crippen LogP contribution in [0.2, 0.25) is 0 Å². The van der Waals surface area contributed by atoms with Crippen LogP contribution in [-0.4, -0.2) is 25.1 Å². The van der Waals surface area contributed by atoms with E-state index in [0.29, 0.717) is 6.29 Å². The maximum atomic E-state index is 13.3. The molecule has 1 aromatic rings. The van der Waals surface area contributed by atoms with Crippen molar-refractivity contribution in [1.29, 1.82) is 0 Å². The number of carbonyl (C=O) groups is 2. The molecule has 0 saturated heterocycles. The summed E-state index contributed by atoms with van der Waals surface area (Å²) >= 11 is 0.724. The lowest BCUT2D eigenvalue weighted by Gasteiger charge is -2.05. The summed E-state index contributed by atoms with van der Waals surface area (Å²) in [4.78, 5) is 21.2. The van der Waals surface area contributed by atoms with Crippen LogP contribution < -0.4 is 0 Å². The van der Waals surface area contributed by atoms with Gasteiger partial charge in [0.1, 0.15) is 0 Å². The lowest BCUT2D eigenvalue weighted by Crippen LogP contribution is -2.04. The van der Waals surface area contributed by atoms with Gasteiger partial charge >= 0.3 is 5.97 Å². The molecular formula is C10H8F2O3S. The number of hydrogen-bond acceptors (Lipinski definition) is 4. The van der Waals surface area contributed by atoms with Gasteiger partial charge in [-0.1, -0.05) is 0 Å². The number of halogens is 2. The van der Waals surface area contributed by atoms with E-state index in [-0.39, 0.29) is 16.2 Å². The molecule has 0 aromatic heterocycles. The minimum Gasteiger partial charge on any atom is -0.468 e. The van der Waals surface area contributed by atoms with Gasteiger partial charge in [0.05, 0.1) is 17.8 Å². The van der Waals surface area contributed by atoms with Crippen LogP contribution in [0, 0.1) is 11.6 Å². The number of esters is 1. The third kappa shape index (κ3) is 2.79. The molecule has 16 heavy (non-hydrogen) atoms. The quantitative estimate of drug-likeness (QED) is 0.463. The molecule has 0 saturated carbocycles. The topological polar surface area (TPSA) is 43.4 Å². The summed E-state index contributed by atoms with van der Waals surface area (Å²) in [7, 11) is 1.19. The van der Waals surface area contributed by atoms with Crippen LogP contribution in [0.4, 0.5) is 8.78 Å². The molecular weight excluding hydrogens is 238 g/mol. The maximum Gasteiger partial charge on any atom is 0.315 e. The van der Waals surface area contributed by atoms with Crippen LogP contribution >= 0.6 is 11.8 Å². The first kappa shape index (κ1) is 12.6. The molecule has 0 amide bonds. The molecule has 0 radical (unpaired) electrons. The number of benzene rings is 1. The first-order valence-electron chi connectivity index (χ1n) is 4.23. The van der Waals surface area contributed by atoms with Gasteiger partial charge in [-0.15, -0.1) is 11.8 Å². The fourth-order valence-corrected chi connectivity index (χ4v) is 1.86. The monoisotopic (exact) mass is 246 g/mol. The Morgan fingerprint density at radius 1 is 1.50 bits per heavy atom. The Morgan fingerprint density at radius 2 is 2.19 bits per heavy atom. The largest absolute Gasteiger partial charge is 0.468 e. The lowest BCUT2D eigenvalue weighted by atomic mass is 10.2. The van der Waals surface area contributed by atoms with E-state index in [1.165, 1.54) is 7.11 Å². The summed E-state index contributed by atoms with van der Waals surface area (Å²) in [6, 6.07) is 2.02. The van der Waals surface area contributed by atoms with Crippen molar-refractivity contribution in [3.05, 3.63) is 29.3 Å². The highest BCUT2D eigenvalue weighted by molar-refractivity contribution is 8.00. The van der Waals surface area contributed by atoms with Gasteiger partial charge in [0.25, 0.3) is 0 Å². The average molecular weight is 246 g/mol. The highest BCUT2D eigenvalue weighted by Gasteiger charge is 2.15. The SMILES string of the molecule is COC(=O)CSc1c(C=O)ccc(F)c1F. The molecule has 0 fully saturated rings. The summed E-state index contributed by atoms with van der Waals surface area (Å²) in [6.45, 7) is 0. The van der Waals surface area contributed by atoms with Gasteiger partial charge in [0.15, 0.2) is 17.9 Å². The Labute approximate surface area is 94.8 Å². The van der Waals surface area contributed by atoms with E-state index in [2.05, 4.69) is 4.74 Å². The number of rotatable bonds is 4. The van der Waals surface area contributed by atoms with Gasteiger partial charge in [-0.2, -0.15) is 0 Å². The predicted molar refractivity (Wildman–Crippen MR) is 54.5 cm³/mol. The molecule has 0 heterocycles. The van der Waals surface area contributed by atoms with E-state index in [4.69, 9.17) is 0 Å². The molecule has 3 nitrogen and oxygen atoms in total. The number of thioether (sulfide) groups is 1. The van der Waals surface area contributed by atoms with Crippen LogP contribution in [0.1, 0.15) is 10.4 Å². The van der Waals surface area contributed by atoms with Crippen LogP contribution in [0.15, 0.2) is 17.0 Å².